The highest BCUT2D eigenvalue weighted by Gasteiger charge is 2.16. The van der Waals surface area contributed by atoms with Gasteiger partial charge >= 0.3 is 0 Å². The lowest BCUT2D eigenvalue weighted by atomic mass is 10.2. The number of ether oxygens (including phenoxy) is 2. The Balaban J connectivity index is 1.64. The van der Waals surface area contributed by atoms with Crippen LogP contribution in [0.2, 0.25) is 0 Å². The van der Waals surface area contributed by atoms with Crippen LogP contribution in [0, 0.1) is 0 Å². The van der Waals surface area contributed by atoms with Crippen molar-refractivity contribution in [2.24, 2.45) is 0 Å². The Morgan fingerprint density at radius 1 is 1.65 bits per heavy atom. The largest absolute Gasteiger partial charge is 0.482 e. The standard InChI is InChI=1S/C12H16N2O3/c15-12(14-8-11-4-2-6-16-11)9-17-10-3-1-5-13-7-10/h1,3,5,7,11H,2,4,6,8-9H2,(H,14,15). The summed E-state index contributed by atoms with van der Waals surface area (Å²) in [6, 6.07) is 3.53. The number of hydrogen-bond donors (Lipinski definition) is 1. The van der Waals surface area contributed by atoms with Crippen molar-refractivity contribution in [3.05, 3.63) is 24.5 Å². The number of carbonyl (C=O) groups excluding carboxylic acids is 1. The van der Waals surface area contributed by atoms with Crippen molar-refractivity contribution in [2.75, 3.05) is 19.8 Å². The molecule has 1 unspecified atom stereocenters. The van der Waals surface area contributed by atoms with Crippen LogP contribution in [-0.2, 0) is 9.53 Å². The summed E-state index contributed by atoms with van der Waals surface area (Å²) in [7, 11) is 0. The van der Waals surface area contributed by atoms with Gasteiger partial charge in [0.25, 0.3) is 5.91 Å². The maximum Gasteiger partial charge on any atom is 0.258 e. The minimum Gasteiger partial charge on any atom is -0.482 e. The number of amides is 1. The van der Waals surface area contributed by atoms with Gasteiger partial charge in [0.2, 0.25) is 0 Å². The Morgan fingerprint density at radius 2 is 2.59 bits per heavy atom. The fourth-order valence-corrected chi connectivity index (χ4v) is 1.67. The van der Waals surface area contributed by atoms with Crippen LogP contribution in [0.25, 0.3) is 0 Å². The van der Waals surface area contributed by atoms with Crippen molar-refractivity contribution in [3.63, 3.8) is 0 Å². The van der Waals surface area contributed by atoms with Gasteiger partial charge in [0.15, 0.2) is 6.61 Å². The Bertz CT molecular complexity index is 350. The molecule has 5 heteroatoms. The van der Waals surface area contributed by atoms with E-state index in [4.69, 9.17) is 9.47 Å². The first-order chi connectivity index (χ1) is 8.34. The zero-order valence-corrected chi connectivity index (χ0v) is 9.59. The summed E-state index contributed by atoms with van der Waals surface area (Å²) in [6.07, 6.45) is 5.49. The SMILES string of the molecule is O=C(COc1cccnc1)NCC1CCCO1. The molecule has 92 valence electrons. The van der Waals surface area contributed by atoms with Crippen LogP contribution in [-0.4, -0.2) is 36.8 Å². The van der Waals surface area contributed by atoms with E-state index in [1.165, 1.54) is 0 Å². The number of pyridine rings is 1. The van der Waals surface area contributed by atoms with E-state index in [0.717, 1.165) is 19.4 Å². The lowest BCUT2D eigenvalue weighted by molar-refractivity contribution is -0.123. The van der Waals surface area contributed by atoms with E-state index in [1.807, 2.05) is 0 Å². The van der Waals surface area contributed by atoms with Crippen molar-refractivity contribution >= 4 is 5.91 Å². The maximum absolute atomic E-state index is 11.5. The molecule has 1 aromatic rings. The van der Waals surface area contributed by atoms with Crippen LogP contribution < -0.4 is 10.1 Å². The quantitative estimate of drug-likeness (QED) is 0.819. The van der Waals surface area contributed by atoms with Gasteiger partial charge in [-0.2, -0.15) is 0 Å². The predicted octanol–water partition coefficient (Wildman–Crippen LogP) is 0.756. The second-order valence-corrected chi connectivity index (χ2v) is 3.92. The van der Waals surface area contributed by atoms with Crippen molar-refractivity contribution in [1.29, 1.82) is 0 Å². The Kier molecular flexibility index (Phi) is 4.32. The van der Waals surface area contributed by atoms with E-state index in [2.05, 4.69) is 10.3 Å². The predicted molar refractivity (Wildman–Crippen MR) is 61.7 cm³/mol. The molecule has 1 atom stereocenters. The van der Waals surface area contributed by atoms with Gasteiger partial charge in [-0.1, -0.05) is 0 Å². The molecule has 1 aliphatic heterocycles. The van der Waals surface area contributed by atoms with Crippen LogP contribution in [0.4, 0.5) is 0 Å². The molecular formula is C12H16N2O3. The monoisotopic (exact) mass is 236 g/mol. The van der Waals surface area contributed by atoms with Gasteiger partial charge in [0.05, 0.1) is 12.3 Å². The van der Waals surface area contributed by atoms with Crippen molar-refractivity contribution in [2.45, 2.75) is 18.9 Å². The van der Waals surface area contributed by atoms with Crippen LogP contribution in [0.1, 0.15) is 12.8 Å². The van der Waals surface area contributed by atoms with E-state index in [0.29, 0.717) is 12.3 Å². The van der Waals surface area contributed by atoms with E-state index in [1.54, 1.807) is 24.5 Å². The van der Waals surface area contributed by atoms with Gasteiger partial charge in [-0.05, 0) is 25.0 Å². The summed E-state index contributed by atoms with van der Waals surface area (Å²) in [6.45, 7) is 1.38. The number of rotatable bonds is 5. The minimum absolute atomic E-state index is 0.0123. The third kappa shape index (κ3) is 4.03. The summed E-state index contributed by atoms with van der Waals surface area (Å²) in [5, 5.41) is 2.79. The maximum atomic E-state index is 11.5. The van der Waals surface area contributed by atoms with Crippen LogP contribution in [0.15, 0.2) is 24.5 Å². The summed E-state index contributed by atoms with van der Waals surface area (Å²) in [5.74, 6) is 0.462. The molecule has 0 aromatic carbocycles. The second kappa shape index (κ2) is 6.20. The van der Waals surface area contributed by atoms with Gasteiger partial charge in [-0.3, -0.25) is 9.78 Å². The molecule has 1 aliphatic rings. The normalized spacial score (nSPS) is 18.9. The molecule has 0 saturated carbocycles. The third-order valence-electron chi connectivity index (χ3n) is 2.56. The zero-order valence-electron chi connectivity index (χ0n) is 9.59. The highest BCUT2D eigenvalue weighted by molar-refractivity contribution is 5.77. The molecule has 1 saturated heterocycles. The Labute approximate surface area is 100 Å². The topological polar surface area (TPSA) is 60.5 Å². The number of carbonyl (C=O) groups is 1. The van der Waals surface area contributed by atoms with E-state index in [9.17, 15) is 4.79 Å². The molecule has 17 heavy (non-hydrogen) atoms. The lowest BCUT2D eigenvalue weighted by Gasteiger charge is -2.11. The number of aromatic nitrogens is 1. The Hall–Kier alpha value is -1.62. The molecule has 1 amide bonds. The first-order valence-corrected chi connectivity index (χ1v) is 5.76. The molecule has 0 aliphatic carbocycles. The van der Waals surface area contributed by atoms with Crippen LogP contribution >= 0.6 is 0 Å². The van der Waals surface area contributed by atoms with E-state index in [-0.39, 0.29) is 18.6 Å². The molecule has 0 bridgehead atoms. The van der Waals surface area contributed by atoms with Gasteiger partial charge in [0.1, 0.15) is 5.75 Å². The zero-order chi connectivity index (χ0) is 11.9. The molecule has 2 rings (SSSR count). The van der Waals surface area contributed by atoms with Crippen molar-refractivity contribution < 1.29 is 14.3 Å². The fraction of sp³-hybridized carbons (Fsp3) is 0.500. The summed E-state index contributed by atoms with van der Waals surface area (Å²) < 4.78 is 10.7. The summed E-state index contributed by atoms with van der Waals surface area (Å²) in [4.78, 5) is 15.4. The number of nitrogens with one attached hydrogen (secondary N) is 1. The molecule has 1 aromatic heterocycles. The van der Waals surface area contributed by atoms with Crippen LogP contribution in [0.5, 0.6) is 5.75 Å². The highest BCUT2D eigenvalue weighted by atomic mass is 16.5. The van der Waals surface area contributed by atoms with Gasteiger partial charge in [-0.15, -0.1) is 0 Å². The molecule has 2 heterocycles. The van der Waals surface area contributed by atoms with Crippen LogP contribution in [0.3, 0.4) is 0 Å². The van der Waals surface area contributed by atoms with E-state index < -0.39 is 0 Å². The van der Waals surface area contributed by atoms with Gasteiger partial charge in [-0.25, -0.2) is 0 Å². The number of nitrogens with zero attached hydrogens (tertiary/aromatic N) is 1. The smallest absolute Gasteiger partial charge is 0.258 e. The molecular weight excluding hydrogens is 220 g/mol. The lowest BCUT2D eigenvalue weighted by Crippen LogP contribution is -2.35. The fourth-order valence-electron chi connectivity index (χ4n) is 1.67. The minimum atomic E-state index is -0.135. The Morgan fingerprint density at radius 3 is 3.29 bits per heavy atom. The van der Waals surface area contributed by atoms with Gasteiger partial charge in [0, 0.05) is 19.3 Å². The molecule has 5 nitrogen and oxygen atoms in total. The molecule has 1 fully saturated rings. The second-order valence-electron chi connectivity index (χ2n) is 3.92. The number of hydrogen-bond acceptors (Lipinski definition) is 4. The van der Waals surface area contributed by atoms with E-state index >= 15 is 0 Å². The summed E-state index contributed by atoms with van der Waals surface area (Å²) in [5.41, 5.74) is 0. The van der Waals surface area contributed by atoms with Crippen molar-refractivity contribution in [1.82, 2.24) is 10.3 Å². The first-order valence-electron chi connectivity index (χ1n) is 5.76. The molecule has 0 spiro atoms. The highest BCUT2D eigenvalue weighted by Crippen LogP contribution is 2.10. The average molecular weight is 236 g/mol. The first kappa shape index (κ1) is 11.9. The molecule has 0 radical (unpaired) electrons. The summed E-state index contributed by atoms with van der Waals surface area (Å²) >= 11 is 0. The average Bonchev–Trinajstić information content (AvgIpc) is 2.88. The molecule has 1 N–H and O–H groups in total. The van der Waals surface area contributed by atoms with Crippen molar-refractivity contribution in [3.8, 4) is 5.75 Å². The third-order valence-corrected chi connectivity index (χ3v) is 2.56. The van der Waals surface area contributed by atoms with Gasteiger partial charge < -0.3 is 14.8 Å².